The Bertz CT molecular complexity index is 518. The highest BCUT2D eigenvalue weighted by molar-refractivity contribution is 6.36. The first-order valence-corrected chi connectivity index (χ1v) is 4.45. The molecule has 0 aliphatic rings. The first-order valence-electron chi connectivity index (χ1n) is 4.07. The van der Waals surface area contributed by atoms with Crippen LogP contribution in [0.15, 0.2) is 18.3 Å². The van der Waals surface area contributed by atoms with Crippen LogP contribution >= 0.6 is 11.6 Å². The average molecular weight is 212 g/mol. The largest absolute Gasteiger partial charge is 0.358 e. The lowest BCUT2D eigenvalue weighted by molar-refractivity contribution is 0.101. The van der Waals surface area contributed by atoms with Crippen molar-refractivity contribution in [3.05, 3.63) is 34.7 Å². The number of hydrogen-bond donors (Lipinski definition) is 1. The van der Waals surface area contributed by atoms with Gasteiger partial charge in [0.15, 0.2) is 5.78 Å². The average Bonchev–Trinajstić information content (AvgIpc) is 2.56. The highest BCUT2D eigenvalue weighted by Crippen LogP contribution is 2.28. The number of H-pyrrole nitrogens is 1. The maximum absolute atomic E-state index is 13.2. The summed E-state index contributed by atoms with van der Waals surface area (Å²) in [6, 6.07) is 2.71. The summed E-state index contributed by atoms with van der Waals surface area (Å²) in [5.41, 5.74) is 0.701. The van der Waals surface area contributed by atoms with Gasteiger partial charge in [-0.05, 0) is 19.1 Å². The van der Waals surface area contributed by atoms with Gasteiger partial charge in [0, 0.05) is 17.1 Å². The maximum Gasteiger partial charge on any atom is 0.162 e. The Balaban J connectivity index is 2.90. The number of ketones is 1. The number of hydrogen-bond acceptors (Lipinski definition) is 1. The second-order valence-corrected chi connectivity index (χ2v) is 3.44. The van der Waals surface area contributed by atoms with E-state index in [4.69, 9.17) is 11.6 Å². The molecule has 1 aromatic heterocycles. The minimum absolute atomic E-state index is 0.135. The number of fused-ring (bicyclic) bond motifs is 1. The number of aromatic nitrogens is 1. The summed E-state index contributed by atoms with van der Waals surface area (Å²) in [4.78, 5) is 13.9. The first-order chi connectivity index (χ1) is 6.61. The smallest absolute Gasteiger partial charge is 0.162 e. The highest BCUT2D eigenvalue weighted by Gasteiger charge is 2.13. The van der Waals surface area contributed by atoms with Gasteiger partial charge in [0.05, 0.1) is 10.5 Å². The van der Waals surface area contributed by atoms with Crippen LogP contribution in [0, 0.1) is 5.82 Å². The zero-order valence-corrected chi connectivity index (χ0v) is 8.15. The third-order valence-corrected chi connectivity index (χ3v) is 2.43. The molecule has 0 radical (unpaired) electrons. The molecule has 14 heavy (non-hydrogen) atoms. The van der Waals surface area contributed by atoms with Gasteiger partial charge in [0.25, 0.3) is 0 Å². The normalized spacial score (nSPS) is 10.8. The quantitative estimate of drug-likeness (QED) is 0.722. The van der Waals surface area contributed by atoms with Crippen molar-refractivity contribution in [3.8, 4) is 0 Å². The fourth-order valence-corrected chi connectivity index (χ4v) is 1.71. The number of benzene rings is 1. The molecule has 0 atom stereocenters. The second kappa shape index (κ2) is 3.10. The fraction of sp³-hybridized carbons (Fsp3) is 0.100. The van der Waals surface area contributed by atoms with Gasteiger partial charge in [-0.3, -0.25) is 4.79 Å². The third-order valence-electron chi connectivity index (χ3n) is 2.11. The number of rotatable bonds is 1. The van der Waals surface area contributed by atoms with Gasteiger partial charge in [0.1, 0.15) is 5.82 Å². The van der Waals surface area contributed by atoms with Crippen molar-refractivity contribution in [1.82, 2.24) is 4.98 Å². The Morgan fingerprint density at radius 3 is 2.86 bits per heavy atom. The second-order valence-electron chi connectivity index (χ2n) is 3.04. The number of Topliss-reactive ketones (excluding diaryl/α,β-unsaturated/α-hetero) is 1. The van der Waals surface area contributed by atoms with Crippen molar-refractivity contribution in [2.75, 3.05) is 0 Å². The lowest BCUT2D eigenvalue weighted by atomic mass is 10.1. The zero-order valence-electron chi connectivity index (χ0n) is 7.40. The van der Waals surface area contributed by atoms with Gasteiger partial charge in [0.2, 0.25) is 0 Å². The topological polar surface area (TPSA) is 32.9 Å². The van der Waals surface area contributed by atoms with Gasteiger partial charge >= 0.3 is 0 Å². The van der Waals surface area contributed by atoms with E-state index in [2.05, 4.69) is 4.98 Å². The molecule has 0 aliphatic carbocycles. The lowest BCUT2D eigenvalue weighted by Gasteiger charge is -1.97. The van der Waals surface area contributed by atoms with E-state index in [1.807, 2.05) is 0 Å². The van der Waals surface area contributed by atoms with Crippen LogP contribution in [0.5, 0.6) is 0 Å². The minimum atomic E-state index is -0.406. The van der Waals surface area contributed by atoms with Crippen molar-refractivity contribution in [3.63, 3.8) is 0 Å². The lowest BCUT2D eigenvalue weighted by Crippen LogP contribution is -1.89. The summed E-state index contributed by atoms with van der Waals surface area (Å²) in [6.45, 7) is 1.42. The molecule has 0 unspecified atom stereocenters. The third kappa shape index (κ3) is 1.21. The van der Waals surface area contributed by atoms with E-state index in [9.17, 15) is 9.18 Å². The molecule has 4 heteroatoms. The molecular formula is C10H7ClFNO. The number of aromatic amines is 1. The van der Waals surface area contributed by atoms with Crippen LogP contribution in [0.2, 0.25) is 5.02 Å². The van der Waals surface area contributed by atoms with E-state index in [1.54, 1.807) is 0 Å². The summed E-state index contributed by atoms with van der Waals surface area (Å²) in [7, 11) is 0. The summed E-state index contributed by atoms with van der Waals surface area (Å²) in [5, 5.41) is 0.840. The molecule has 0 spiro atoms. The Labute approximate surface area is 84.7 Å². The molecular weight excluding hydrogens is 205 g/mol. The highest BCUT2D eigenvalue weighted by atomic mass is 35.5. The molecule has 2 rings (SSSR count). The SMILES string of the molecule is CC(=O)c1c[nH]c2c(F)ccc(Cl)c12. The zero-order chi connectivity index (χ0) is 10.3. The van der Waals surface area contributed by atoms with E-state index in [-0.39, 0.29) is 11.3 Å². The van der Waals surface area contributed by atoms with Gasteiger partial charge in [-0.25, -0.2) is 4.39 Å². The molecule has 72 valence electrons. The Morgan fingerprint density at radius 1 is 1.50 bits per heavy atom. The van der Waals surface area contributed by atoms with Crippen LogP contribution in [0.1, 0.15) is 17.3 Å². The fourth-order valence-electron chi connectivity index (χ4n) is 1.45. The molecule has 1 heterocycles. The van der Waals surface area contributed by atoms with Crippen molar-refractivity contribution in [2.45, 2.75) is 6.92 Å². The van der Waals surface area contributed by atoms with Crippen molar-refractivity contribution >= 4 is 28.3 Å². The summed E-state index contributed by atoms with van der Waals surface area (Å²) in [5.74, 6) is -0.541. The Morgan fingerprint density at radius 2 is 2.21 bits per heavy atom. The molecule has 0 aliphatic heterocycles. The molecule has 2 aromatic rings. The monoisotopic (exact) mass is 211 g/mol. The number of nitrogens with one attached hydrogen (secondary N) is 1. The number of carbonyl (C=O) groups is 1. The van der Waals surface area contributed by atoms with Gasteiger partial charge in [-0.2, -0.15) is 0 Å². The molecule has 2 nitrogen and oxygen atoms in total. The van der Waals surface area contributed by atoms with E-state index in [0.29, 0.717) is 16.0 Å². The van der Waals surface area contributed by atoms with Crippen LogP contribution in [0.3, 0.4) is 0 Å². The van der Waals surface area contributed by atoms with Gasteiger partial charge in [-0.15, -0.1) is 0 Å². The van der Waals surface area contributed by atoms with Crippen LogP contribution in [0.25, 0.3) is 10.9 Å². The van der Waals surface area contributed by atoms with Crippen molar-refractivity contribution in [2.24, 2.45) is 0 Å². The molecule has 1 N–H and O–H groups in total. The first kappa shape index (κ1) is 9.21. The van der Waals surface area contributed by atoms with Crippen LogP contribution in [0.4, 0.5) is 4.39 Å². The van der Waals surface area contributed by atoms with Gasteiger partial charge < -0.3 is 4.98 Å². The summed E-state index contributed by atoms with van der Waals surface area (Å²) >= 11 is 5.88. The van der Waals surface area contributed by atoms with Crippen LogP contribution < -0.4 is 0 Å². The summed E-state index contributed by atoms with van der Waals surface area (Å²) < 4.78 is 13.2. The Hall–Kier alpha value is -1.35. The number of carbonyl (C=O) groups excluding carboxylic acids is 1. The van der Waals surface area contributed by atoms with E-state index < -0.39 is 5.82 Å². The standard InChI is InChI=1S/C10H7ClFNO/c1-5(14)6-4-13-10-8(12)3-2-7(11)9(6)10/h2-4,13H,1H3. The molecule has 0 saturated heterocycles. The van der Waals surface area contributed by atoms with Crippen molar-refractivity contribution in [1.29, 1.82) is 0 Å². The van der Waals surface area contributed by atoms with E-state index in [1.165, 1.54) is 25.3 Å². The maximum atomic E-state index is 13.2. The number of halogens is 2. The molecule has 0 fully saturated rings. The van der Waals surface area contributed by atoms with Crippen molar-refractivity contribution < 1.29 is 9.18 Å². The van der Waals surface area contributed by atoms with Crippen LogP contribution in [-0.4, -0.2) is 10.8 Å². The van der Waals surface area contributed by atoms with Crippen LogP contribution in [-0.2, 0) is 0 Å². The molecule has 0 saturated carbocycles. The van der Waals surface area contributed by atoms with Gasteiger partial charge in [-0.1, -0.05) is 11.6 Å². The predicted molar refractivity (Wildman–Crippen MR) is 53.3 cm³/mol. The minimum Gasteiger partial charge on any atom is -0.358 e. The van der Waals surface area contributed by atoms with E-state index >= 15 is 0 Å². The summed E-state index contributed by atoms with van der Waals surface area (Å²) in [6.07, 6.45) is 1.47. The Kier molecular flexibility index (Phi) is 2.04. The predicted octanol–water partition coefficient (Wildman–Crippen LogP) is 3.16. The van der Waals surface area contributed by atoms with E-state index in [0.717, 1.165) is 0 Å². The molecule has 0 amide bonds. The molecule has 0 bridgehead atoms. The molecule has 1 aromatic carbocycles.